The van der Waals surface area contributed by atoms with Gasteiger partial charge in [-0.2, -0.15) is 0 Å². The van der Waals surface area contributed by atoms with Crippen LogP contribution in [0, 0.1) is 0 Å². The number of anilines is 9. The Balaban J connectivity index is 0.000000104. The second-order valence-electron chi connectivity index (χ2n) is 34.0. The molecule has 0 bridgehead atoms. The van der Waals surface area contributed by atoms with Crippen LogP contribution >= 0.6 is 0 Å². The predicted octanol–water partition coefficient (Wildman–Crippen LogP) is 32.4. The summed E-state index contributed by atoms with van der Waals surface area (Å²) in [5.41, 5.74) is 33.6. The van der Waals surface area contributed by atoms with Gasteiger partial charge in [-0.05, 0) is 226 Å². The van der Waals surface area contributed by atoms with Crippen LogP contribution in [0.4, 0.5) is 51.2 Å². The van der Waals surface area contributed by atoms with E-state index in [1.54, 1.807) is 0 Å². The number of imidazole rings is 3. The Labute approximate surface area is 761 Å². The van der Waals surface area contributed by atoms with Gasteiger partial charge in [-0.3, -0.25) is 18.7 Å². The Morgan fingerprint density at radius 1 is 0.167 bits per heavy atom. The molecule has 3 aliphatic rings. The van der Waals surface area contributed by atoms with Gasteiger partial charge in [0.2, 0.25) is 0 Å². The molecular weight excluding hydrogens is 1610 g/mol. The number of nitrogens with zero attached hydrogens (tertiary/aromatic N) is 10. The largest absolute Gasteiger partial charge is 0.306 e. The first-order valence-electron chi connectivity index (χ1n) is 44.9. The molecule has 0 N–H and O–H groups in total. The van der Waals surface area contributed by atoms with Crippen LogP contribution in [0.5, 0.6) is 0 Å². The Morgan fingerprint density at radius 2 is 0.462 bits per heavy atom. The van der Waals surface area contributed by atoms with Crippen molar-refractivity contribution in [2.45, 2.75) is 0 Å². The third kappa shape index (κ3) is 12.3. The Hall–Kier alpha value is -17.9. The van der Waals surface area contributed by atoms with Crippen molar-refractivity contribution < 1.29 is 0 Å². The van der Waals surface area contributed by atoms with Gasteiger partial charge < -0.3 is 14.7 Å². The molecule has 10 heteroatoms. The molecule has 0 aliphatic carbocycles. The first-order valence-corrected chi connectivity index (χ1v) is 44.9. The lowest BCUT2D eigenvalue weighted by molar-refractivity contribution is 1.06. The van der Waals surface area contributed by atoms with Crippen molar-refractivity contribution in [3.63, 3.8) is 0 Å². The van der Waals surface area contributed by atoms with Crippen LogP contribution in [-0.4, -0.2) is 33.6 Å². The van der Waals surface area contributed by atoms with Gasteiger partial charge in [-0.1, -0.05) is 334 Å². The summed E-state index contributed by atoms with van der Waals surface area (Å²) in [6.45, 7) is 0. The van der Waals surface area contributed by atoms with Gasteiger partial charge in [0.15, 0.2) is 0 Å². The number of hydrogen-bond donors (Lipinski definition) is 0. The lowest BCUT2D eigenvalue weighted by Gasteiger charge is -2.33. The fourth-order valence-corrected chi connectivity index (χ4v) is 20.6. The van der Waals surface area contributed by atoms with Crippen LogP contribution in [0.2, 0.25) is 0 Å². The maximum Gasteiger partial charge on any atom is 0.145 e. The highest BCUT2D eigenvalue weighted by Gasteiger charge is 2.35. The van der Waals surface area contributed by atoms with E-state index in [1.165, 1.54) is 92.8 Å². The average molecular weight is 1680 g/mol. The summed E-state index contributed by atoms with van der Waals surface area (Å²) in [6, 6.07) is 167. The number of aromatic nitrogens is 7. The number of benzene rings is 21. The summed E-state index contributed by atoms with van der Waals surface area (Å²) in [4.78, 5) is 27.5. The van der Waals surface area contributed by atoms with Crippen molar-refractivity contribution in [3.05, 3.63) is 473 Å². The molecule has 0 amide bonds. The average Bonchev–Trinajstić information content (AvgIpc) is 1.52. The van der Waals surface area contributed by atoms with Gasteiger partial charge in [-0.25, -0.2) is 15.0 Å². The molecule has 21 aromatic carbocycles. The number of pyridine rings is 1. The molecule has 0 saturated heterocycles. The third-order valence-corrected chi connectivity index (χ3v) is 26.5. The molecule has 616 valence electrons. The third-order valence-electron chi connectivity index (χ3n) is 26.5. The van der Waals surface area contributed by atoms with Crippen molar-refractivity contribution in [2.75, 3.05) is 14.7 Å². The van der Waals surface area contributed by atoms with E-state index < -0.39 is 0 Å². The van der Waals surface area contributed by atoms with Crippen LogP contribution in [0.15, 0.2) is 473 Å². The fraction of sp³-hybridized carbons (Fsp3) is 0. The van der Waals surface area contributed by atoms with Crippen molar-refractivity contribution in [2.24, 2.45) is 0 Å². The number of para-hydroxylation sites is 6. The van der Waals surface area contributed by atoms with Gasteiger partial charge >= 0.3 is 0 Å². The molecule has 28 rings (SSSR count). The molecule has 0 atom stereocenters. The van der Waals surface area contributed by atoms with E-state index in [0.29, 0.717) is 0 Å². The van der Waals surface area contributed by atoms with Crippen LogP contribution < -0.4 is 14.7 Å². The highest BCUT2D eigenvalue weighted by molar-refractivity contribution is 6.18. The summed E-state index contributed by atoms with van der Waals surface area (Å²) in [6.07, 6.45) is 1.88. The van der Waals surface area contributed by atoms with Crippen molar-refractivity contribution in [1.82, 2.24) is 33.6 Å². The van der Waals surface area contributed by atoms with Gasteiger partial charge in [0.1, 0.15) is 17.5 Å². The van der Waals surface area contributed by atoms with Crippen LogP contribution in [0.25, 0.3) is 194 Å². The minimum atomic E-state index is 0.945. The maximum atomic E-state index is 5.18. The smallest absolute Gasteiger partial charge is 0.145 e. The standard InChI is InChI=1S/C45H29N3.C39H25N3.C38H24N4/c1-3-12-32(13-4-1)45-46-40-20-11-21-42-44(40)48(45)41-27-26-33(29-43(41)47(42)35-15-5-2-6-16-35)30-22-24-31(25-23-30)39-28-34-14-7-8-17-36(34)37-18-9-10-19-38(37)39;1-3-12-26(13-4-1)39-40-34-20-11-21-36-38(34)42(39)35-23-22-28(25-37(35)41(36)29-15-5-2-6-16-29)33-24-27-14-7-8-17-30(27)31-18-9-10-19-32(31)33;1-3-11-25(12-4-1)38-40-32-18-9-19-34-37(32)42(38)33-21-20-27(24-35(33)41(34)28-14-5-2-6-15-28)31-23-26-13-7-8-16-29(26)36-30(31)17-10-22-39-36/h1-29H;1-25H;1-24H. The Bertz CT molecular complexity index is 8570. The van der Waals surface area contributed by atoms with Crippen LogP contribution in [0.3, 0.4) is 0 Å². The van der Waals surface area contributed by atoms with Crippen LogP contribution in [-0.2, 0) is 0 Å². The van der Waals surface area contributed by atoms with Gasteiger partial charge in [0, 0.05) is 50.7 Å². The fourth-order valence-electron chi connectivity index (χ4n) is 20.6. The normalized spacial score (nSPS) is 12.2. The Kier molecular flexibility index (Phi) is 17.7. The Morgan fingerprint density at radius 3 is 0.864 bits per heavy atom. The minimum absolute atomic E-state index is 0.945. The maximum absolute atomic E-state index is 5.18. The van der Waals surface area contributed by atoms with E-state index >= 15 is 0 Å². The van der Waals surface area contributed by atoms with Crippen molar-refractivity contribution >= 4 is 149 Å². The molecule has 4 aromatic heterocycles. The first-order chi connectivity index (χ1) is 65.5. The lowest BCUT2D eigenvalue weighted by atomic mass is 9.92. The highest BCUT2D eigenvalue weighted by atomic mass is 15.3. The summed E-state index contributed by atoms with van der Waals surface area (Å²) in [5, 5.41) is 13.7. The topological polar surface area (TPSA) is 76.1 Å². The van der Waals surface area contributed by atoms with Gasteiger partial charge in [0.05, 0.1) is 89.8 Å². The molecule has 0 spiro atoms. The summed E-state index contributed by atoms with van der Waals surface area (Å²) >= 11 is 0. The molecular formula is C122H78N10. The summed E-state index contributed by atoms with van der Waals surface area (Å²) < 4.78 is 7.02. The monoisotopic (exact) mass is 1680 g/mol. The predicted molar refractivity (Wildman–Crippen MR) is 549 cm³/mol. The van der Waals surface area contributed by atoms with E-state index in [4.69, 9.17) is 19.9 Å². The molecule has 3 aliphatic heterocycles. The molecule has 7 heterocycles. The molecule has 0 unspecified atom stereocenters. The molecule has 10 nitrogen and oxygen atoms in total. The van der Waals surface area contributed by atoms with E-state index in [-0.39, 0.29) is 0 Å². The number of hydrogen-bond acceptors (Lipinski definition) is 7. The van der Waals surface area contributed by atoms with Crippen molar-refractivity contribution in [3.8, 4) is 95.7 Å². The molecule has 0 fully saturated rings. The van der Waals surface area contributed by atoms with E-state index in [2.05, 4.69) is 483 Å². The van der Waals surface area contributed by atoms with E-state index in [9.17, 15) is 0 Å². The molecule has 25 aromatic rings. The molecule has 0 saturated carbocycles. The van der Waals surface area contributed by atoms with Crippen molar-refractivity contribution in [1.29, 1.82) is 0 Å². The number of rotatable bonds is 10. The SMILES string of the molecule is c1ccc(-c2nc3cccc4c3n2-c2ccc(-c3cc5ccccc5c5ccccc35)cc2N4c2ccccc2)cc1.c1ccc(-c2nc3cccc4c3n2-c2ccc(-c3cc5ccccc5c5ncccc35)cc2N4c2ccccc2)cc1.c1ccc(-c2nc3cccc4c3n2-c2ccc(-c3ccc(-c5cc6ccccc6c6ccccc56)cc3)cc2N4c2ccccc2)cc1. The van der Waals surface area contributed by atoms with Gasteiger partial charge in [0.25, 0.3) is 0 Å². The highest BCUT2D eigenvalue weighted by Crippen LogP contribution is 2.55. The van der Waals surface area contributed by atoms with E-state index in [0.717, 1.165) is 152 Å². The molecule has 0 radical (unpaired) electrons. The summed E-state index contributed by atoms with van der Waals surface area (Å²) in [7, 11) is 0. The quantitative estimate of drug-likeness (QED) is 0.126. The lowest BCUT2D eigenvalue weighted by Crippen LogP contribution is -2.18. The van der Waals surface area contributed by atoms with E-state index in [1.807, 2.05) is 18.3 Å². The zero-order chi connectivity index (χ0) is 86.9. The second kappa shape index (κ2) is 31.0. The van der Waals surface area contributed by atoms with Gasteiger partial charge in [-0.15, -0.1) is 0 Å². The zero-order valence-electron chi connectivity index (χ0n) is 71.5. The number of fused-ring (bicyclic) bond motifs is 15. The molecule has 132 heavy (non-hydrogen) atoms. The van der Waals surface area contributed by atoms with Crippen LogP contribution in [0.1, 0.15) is 0 Å². The summed E-state index contributed by atoms with van der Waals surface area (Å²) in [5.74, 6) is 2.85. The second-order valence-corrected chi connectivity index (χ2v) is 34.0. The minimum Gasteiger partial charge on any atom is -0.306 e. The first kappa shape index (κ1) is 75.5. The zero-order valence-corrected chi connectivity index (χ0v) is 71.5.